The minimum atomic E-state index is -3.58. The summed E-state index contributed by atoms with van der Waals surface area (Å²) in [7, 11) is -2.29. The number of amides is 1. The molecule has 0 saturated carbocycles. The van der Waals surface area contributed by atoms with Crippen molar-refractivity contribution >= 4 is 27.6 Å². The number of aryl methyl sites for hydroxylation is 1. The highest BCUT2D eigenvalue weighted by atomic mass is 32.2. The fourth-order valence-electron chi connectivity index (χ4n) is 2.69. The van der Waals surface area contributed by atoms with Crippen LogP contribution in [-0.4, -0.2) is 44.8 Å². The van der Waals surface area contributed by atoms with E-state index in [2.05, 4.69) is 5.32 Å². The topological polar surface area (TPSA) is 92.8 Å². The predicted octanol–water partition coefficient (Wildman–Crippen LogP) is 3.06. The van der Waals surface area contributed by atoms with Gasteiger partial charge in [0.05, 0.1) is 17.6 Å². The second-order valence-corrected chi connectivity index (χ2v) is 8.03. The third kappa shape index (κ3) is 4.58. The molecule has 7 nitrogen and oxygen atoms in total. The van der Waals surface area contributed by atoms with E-state index in [0.717, 1.165) is 5.56 Å². The van der Waals surface area contributed by atoms with Gasteiger partial charge in [-0.2, -0.15) is 4.31 Å². The van der Waals surface area contributed by atoms with Crippen molar-refractivity contribution in [2.75, 3.05) is 25.5 Å². The molecule has 0 aliphatic heterocycles. The molecule has 28 heavy (non-hydrogen) atoms. The van der Waals surface area contributed by atoms with Gasteiger partial charge in [0.2, 0.25) is 10.0 Å². The number of nitrogens with one attached hydrogen (secondary N) is 1. The molecule has 0 aromatic heterocycles. The summed E-state index contributed by atoms with van der Waals surface area (Å²) in [6.45, 7) is 6.09. The second kappa shape index (κ2) is 8.99. The molecule has 0 radical (unpaired) electrons. The molecule has 2 rings (SSSR count). The lowest BCUT2D eigenvalue weighted by atomic mass is 10.1. The summed E-state index contributed by atoms with van der Waals surface area (Å²) >= 11 is 0. The van der Waals surface area contributed by atoms with Crippen molar-refractivity contribution in [3.63, 3.8) is 0 Å². The van der Waals surface area contributed by atoms with E-state index in [1.54, 1.807) is 32.9 Å². The molecular weight excluding hydrogens is 380 g/mol. The predicted molar refractivity (Wildman–Crippen MR) is 107 cm³/mol. The second-order valence-electron chi connectivity index (χ2n) is 6.09. The number of sulfonamides is 1. The van der Waals surface area contributed by atoms with E-state index in [4.69, 9.17) is 4.74 Å². The van der Waals surface area contributed by atoms with Crippen LogP contribution in [0.1, 0.15) is 40.1 Å². The van der Waals surface area contributed by atoms with E-state index in [1.165, 1.54) is 41.7 Å². The number of rotatable bonds is 7. The number of nitrogens with zero attached hydrogens (tertiary/aromatic N) is 1. The Morgan fingerprint density at radius 3 is 2.11 bits per heavy atom. The first-order valence-electron chi connectivity index (χ1n) is 8.85. The molecule has 1 N–H and O–H groups in total. The number of methoxy groups -OCH3 is 1. The van der Waals surface area contributed by atoms with E-state index < -0.39 is 21.9 Å². The van der Waals surface area contributed by atoms with Gasteiger partial charge in [0.15, 0.2) is 0 Å². The summed E-state index contributed by atoms with van der Waals surface area (Å²) < 4.78 is 31.1. The van der Waals surface area contributed by atoms with Crippen molar-refractivity contribution in [2.24, 2.45) is 0 Å². The summed E-state index contributed by atoms with van der Waals surface area (Å²) in [6, 6.07) is 10.6. The molecule has 0 aliphatic carbocycles. The lowest BCUT2D eigenvalue weighted by Gasteiger charge is -2.18. The highest BCUT2D eigenvalue weighted by Crippen LogP contribution is 2.20. The molecule has 0 heterocycles. The Morgan fingerprint density at radius 2 is 1.57 bits per heavy atom. The van der Waals surface area contributed by atoms with Crippen molar-refractivity contribution in [1.29, 1.82) is 0 Å². The van der Waals surface area contributed by atoms with Crippen LogP contribution in [0.15, 0.2) is 47.4 Å². The zero-order valence-electron chi connectivity index (χ0n) is 16.4. The number of hydrogen-bond acceptors (Lipinski definition) is 5. The molecule has 8 heteroatoms. The number of hydrogen-bond donors (Lipinski definition) is 1. The number of benzene rings is 2. The van der Waals surface area contributed by atoms with Crippen LogP contribution in [-0.2, 0) is 14.8 Å². The van der Waals surface area contributed by atoms with E-state index >= 15 is 0 Å². The molecule has 150 valence electrons. The number of ether oxygens (including phenoxy) is 1. The highest BCUT2D eigenvalue weighted by Gasteiger charge is 2.21. The average Bonchev–Trinajstić information content (AvgIpc) is 2.69. The molecule has 0 fully saturated rings. The molecule has 0 aliphatic rings. The molecule has 2 aromatic rings. The zero-order chi connectivity index (χ0) is 20.9. The van der Waals surface area contributed by atoms with Crippen LogP contribution < -0.4 is 5.32 Å². The largest absolute Gasteiger partial charge is 0.465 e. The minimum absolute atomic E-state index is 0.136. The monoisotopic (exact) mass is 404 g/mol. The summed E-state index contributed by atoms with van der Waals surface area (Å²) in [4.78, 5) is 24.3. The number of anilines is 1. The zero-order valence-corrected chi connectivity index (χ0v) is 17.2. The molecular formula is C20H24N2O5S. The van der Waals surface area contributed by atoms with Gasteiger partial charge >= 0.3 is 5.97 Å². The third-order valence-corrected chi connectivity index (χ3v) is 6.43. The minimum Gasteiger partial charge on any atom is -0.465 e. The molecule has 0 bridgehead atoms. The Hall–Kier alpha value is -2.71. The van der Waals surface area contributed by atoms with Gasteiger partial charge in [-0.05, 0) is 48.9 Å². The Bertz CT molecular complexity index is 965. The van der Waals surface area contributed by atoms with Crippen LogP contribution in [0.4, 0.5) is 5.69 Å². The van der Waals surface area contributed by atoms with Gasteiger partial charge in [-0.1, -0.05) is 19.9 Å². The molecule has 1 amide bonds. The van der Waals surface area contributed by atoms with E-state index in [9.17, 15) is 18.0 Å². The lowest BCUT2D eigenvalue weighted by Crippen LogP contribution is -2.30. The van der Waals surface area contributed by atoms with Crippen molar-refractivity contribution in [3.8, 4) is 0 Å². The standard InChI is InChI=1S/C20H24N2O5S/c1-5-22(6-2)28(25,26)17-11-9-15(10-12-17)19(23)21-18-13-16(20(24)27-4)8-7-14(18)3/h7-13H,5-6H2,1-4H3,(H,21,23). The molecule has 0 atom stereocenters. The third-order valence-electron chi connectivity index (χ3n) is 4.37. The maximum atomic E-state index is 12.5. The SMILES string of the molecule is CCN(CC)S(=O)(=O)c1ccc(C(=O)Nc2cc(C(=O)OC)ccc2C)cc1. The van der Waals surface area contributed by atoms with Gasteiger partial charge in [0, 0.05) is 24.3 Å². The van der Waals surface area contributed by atoms with Crippen LogP contribution in [0.2, 0.25) is 0 Å². The van der Waals surface area contributed by atoms with Gasteiger partial charge in [-0.15, -0.1) is 0 Å². The van der Waals surface area contributed by atoms with Crippen molar-refractivity contribution in [2.45, 2.75) is 25.7 Å². The Morgan fingerprint density at radius 1 is 1.00 bits per heavy atom. The van der Waals surface area contributed by atoms with Crippen molar-refractivity contribution < 1.29 is 22.7 Å². The van der Waals surface area contributed by atoms with Gasteiger partial charge in [-0.25, -0.2) is 13.2 Å². The molecule has 0 unspecified atom stereocenters. The molecule has 0 spiro atoms. The fourth-order valence-corrected chi connectivity index (χ4v) is 4.14. The molecule has 2 aromatic carbocycles. The summed E-state index contributed by atoms with van der Waals surface area (Å²) in [5.41, 5.74) is 1.89. The maximum absolute atomic E-state index is 12.5. The van der Waals surface area contributed by atoms with Crippen molar-refractivity contribution in [3.05, 3.63) is 59.2 Å². The van der Waals surface area contributed by atoms with Crippen LogP contribution in [0.25, 0.3) is 0 Å². The van der Waals surface area contributed by atoms with Gasteiger partial charge in [0.25, 0.3) is 5.91 Å². The Balaban J connectivity index is 2.24. The van der Waals surface area contributed by atoms with Crippen LogP contribution in [0, 0.1) is 6.92 Å². The first-order chi connectivity index (χ1) is 13.2. The number of carbonyl (C=O) groups is 2. The summed E-state index contributed by atoms with van der Waals surface area (Å²) in [5.74, 6) is -0.904. The Labute approximate surface area is 165 Å². The van der Waals surface area contributed by atoms with Gasteiger partial charge in [0.1, 0.15) is 0 Å². The maximum Gasteiger partial charge on any atom is 0.337 e. The van der Waals surface area contributed by atoms with E-state index in [1.807, 2.05) is 0 Å². The van der Waals surface area contributed by atoms with Crippen LogP contribution >= 0.6 is 0 Å². The van der Waals surface area contributed by atoms with E-state index in [0.29, 0.717) is 29.9 Å². The average molecular weight is 404 g/mol. The lowest BCUT2D eigenvalue weighted by molar-refractivity contribution is 0.0600. The fraction of sp³-hybridized carbons (Fsp3) is 0.300. The quantitative estimate of drug-likeness (QED) is 0.716. The first-order valence-corrected chi connectivity index (χ1v) is 10.3. The summed E-state index contributed by atoms with van der Waals surface area (Å²) in [6.07, 6.45) is 0. The van der Waals surface area contributed by atoms with Gasteiger partial charge in [-0.3, -0.25) is 4.79 Å². The summed E-state index contributed by atoms with van der Waals surface area (Å²) in [5, 5.41) is 2.74. The smallest absolute Gasteiger partial charge is 0.337 e. The number of carbonyl (C=O) groups excluding carboxylic acids is 2. The normalized spacial score (nSPS) is 11.3. The first kappa shape index (κ1) is 21.6. The van der Waals surface area contributed by atoms with E-state index in [-0.39, 0.29) is 4.90 Å². The molecule has 0 saturated heterocycles. The Kier molecular flexibility index (Phi) is 6.93. The van der Waals surface area contributed by atoms with Crippen LogP contribution in [0.3, 0.4) is 0 Å². The van der Waals surface area contributed by atoms with Crippen molar-refractivity contribution in [1.82, 2.24) is 4.31 Å². The number of esters is 1. The van der Waals surface area contributed by atoms with Gasteiger partial charge < -0.3 is 10.1 Å². The van der Waals surface area contributed by atoms with Crippen LogP contribution in [0.5, 0.6) is 0 Å². The highest BCUT2D eigenvalue weighted by molar-refractivity contribution is 7.89.